The Bertz CT molecular complexity index is 694. The molecule has 2 atom stereocenters. The van der Waals surface area contributed by atoms with Crippen LogP contribution in [0.15, 0.2) is 0 Å². The molecule has 0 aromatic rings. The van der Waals surface area contributed by atoms with Gasteiger partial charge in [-0.2, -0.15) is 0 Å². The Balaban J connectivity index is 2.18. The largest absolute Gasteiger partial charge is 0.444 e. The fraction of sp³-hybridized carbons (Fsp3) is 0.818. The Morgan fingerprint density at radius 2 is 1.60 bits per heavy atom. The zero-order chi connectivity index (χ0) is 23.1. The highest BCUT2D eigenvalue weighted by Gasteiger charge is 2.50. The first-order chi connectivity index (χ1) is 13.5. The summed E-state index contributed by atoms with van der Waals surface area (Å²) in [5, 5.41) is 0. The van der Waals surface area contributed by atoms with Gasteiger partial charge in [0.25, 0.3) is 5.79 Å². The van der Waals surface area contributed by atoms with Crippen LogP contribution >= 0.6 is 0 Å². The number of esters is 2. The molecule has 1 amide bonds. The van der Waals surface area contributed by atoms with E-state index in [9.17, 15) is 19.2 Å². The quantitative estimate of drug-likeness (QED) is 0.504. The summed E-state index contributed by atoms with van der Waals surface area (Å²) in [7, 11) is 0. The molecular formula is C22H35NO7. The van der Waals surface area contributed by atoms with Crippen LogP contribution in [0.5, 0.6) is 0 Å². The van der Waals surface area contributed by atoms with Gasteiger partial charge in [-0.3, -0.25) is 14.4 Å². The first-order valence-electron chi connectivity index (χ1n) is 10.5. The number of rotatable bonds is 3. The highest BCUT2D eigenvalue weighted by molar-refractivity contribution is 6.16. The Hall–Kier alpha value is -2.12. The standard InChI is InChI=1S/C22H35NO7/c1-20(2,3)12-14-11-13(9-10-23(14)19(27)30-21(4,5)6)16(24)15-17(25)28-22(7,8)29-18(15)26/h13-15H,9-12H2,1-8H3. The topological polar surface area (TPSA) is 99.2 Å². The lowest BCUT2D eigenvalue weighted by Gasteiger charge is -2.42. The molecule has 0 saturated carbocycles. The molecule has 2 aliphatic heterocycles. The van der Waals surface area contributed by atoms with E-state index >= 15 is 0 Å². The van der Waals surface area contributed by atoms with Crippen molar-refractivity contribution >= 4 is 23.8 Å². The second kappa shape index (κ2) is 8.19. The van der Waals surface area contributed by atoms with Gasteiger partial charge in [0.1, 0.15) is 5.60 Å². The molecule has 2 saturated heterocycles. The molecule has 0 spiro atoms. The van der Waals surface area contributed by atoms with Crippen LogP contribution < -0.4 is 0 Å². The summed E-state index contributed by atoms with van der Waals surface area (Å²) in [5.74, 6) is -5.72. The minimum atomic E-state index is -1.56. The predicted molar refractivity (Wildman–Crippen MR) is 108 cm³/mol. The summed E-state index contributed by atoms with van der Waals surface area (Å²) in [6.07, 6.45) is 0.943. The summed E-state index contributed by atoms with van der Waals surface area (Å²) < 4.78 is 15.8. The molecule has 0 aromatic heterocycles. The van der Waals surface area contributed by atoms with Crippen molar-refractivity contribution in [2.24, 2.45) is 17.3 Å². The number of piperidine rings is 1. The lowest BCUT2D eigenvalue weighted by atomic mass is 9.77. The molecule has 0 N–H and O–H groups in total. The second-order valence-electron chi connectivity index (χ2n) is 10.9. The minimum absolute atomic E-state index is 0.0947. The molecule has 0 radical (unpaired) electrons. The predicted octanol–water partition coefficient (Wildman–Crippen LogP) is 3.46. The van der Waals surface area contributed by atoms with E-state index in [1.807, 2.05) is 20.8 Å². The van der Waals surface area contributed by atoms with Crippen molar-refractivity contribution in [2.45, 2.75) is 92.1 Å². The SMILES string of the molecule is CC(C)(C)CC1CC(C(=O)C2C(=O)OC(C)(C)OC2=O)CCN1C(=O)OC(C)(C)C. The second-order valence-corrected chi connectivity index (χ2v) is 10.9. The van der Waals surface area contributed by atoms with Gasteiger partial charge in [0.15, 0.2) is 5.78 Å². The van der Waals surface area contributed by atoms with E-state index in [1.165, 1.54) is 13.8 Å². The van der Waals surface area contributed by atoms with Crippen molar-refractivity contribution < 1.29 is 33.4 Å². The number of ether oxygens (including phenoxy) is 3. The number of carbonyl (C=O) groups excluding carboxylic acids is 4. The molecule has 8 heteroatoms. The number of amides is 1. The van der Waals surface area contributed by atoms with Gasteiger partial charge < -0.3 is 19.1 Å². The van der Waals surface area contributed by atoms with Gasteiger partial charge in [0.2, 0.25) is 5.92 Å². The number of ketones is 1. The molecular weight excluding hydrogens is 390 g/mol. The number of carbonyl (C=O) groups is 4. The van der Waals surface area contributed by atoms with Crippen LogP contribution in [-0.2, 0) is 28.6 Å². The van der Waals surface area contributed by atoms with Gasteiger partial charge in [-0.15, -0.1) is 0 Å². The molecule has 8 nitrogen and oxygen atoms in total. The summed E-state index contributed by atoms with van der Waals surface area (Å²) in [5.41, 5.74) is -0.721. The van der Waals surface area contributed by atoms with Crippen molar-refractivity contribution in [1.82, 2.24) is 4.90 Å². The number of likely N-dealkylation sites (tertiary alicyclic amines) is 1. The summed E-state index contributed by atoms with van der Waals surface area (Å²) in [6.45, 7) is 14.8. The Labute approximate surface area is 178 Å². The van der Waals surface area contributed by atoms with Gasteiger partial charge in [-0.1, -0.05) is 20.8 Å². The van der Waals surface area contributed by atoms with Crippen LogP contribution in [0.3, 0.4) is 0 Å². The third-order valence-electron chi connectivity index (χ3n) is 5.04. The molecule has 30 heavy (non-hydrogen) atoms. The van der Waals surface area contributed by atoms with Crippen molar-refractivity contribution in [3.8, 4) is 0 Å². The van der Waals surface area contributed by atoms with Crippen molar-refractivity contribution in [1.29, 1.82) is 0 Å². The number of nitrogens with zero attached hydrogens (tertiary/aromatic N) is 1. The number of hydrogen-bond acceptors (Lipinski definition) is 7. The van der Waals surface area contributed by atoms with Gasteiger partial charge in [0, 0.05) is 32.4 Å². The smallest absolute Gasteiger partial charge is 0.410 e. The number of Topliss-reactive ketones (excluding diaryl/α,β-unsaturated/α-hetero) is 1. The molecule has 0 aromatic carbocycles. The maximum Gasteiger partial charge on any atom is 0.410 e. The Morgan fingerprint density at radius 3 is 2.07 bits per heavy atom. The Morgan fingerprint density at radius 1 is 1.07 bits per heavy atom. The molecule has 0 aliphatic carbocycles. The average molecular weight is 426 g/mol. The first kappa shape index (κ1) is 24.2. The fourth-order valence-electron chi connectivity index (χ4n) is 3.96. The van der Waals surface area contributed by atoms with Crippen LogP contribution in [0, 0.1) is 17.3 Å². The molecule has 2 rings (SSSR count). The van der Waals surface area contributed by atoms with E-state index in [-0.39, 0.29) is 11.5 Å². The van der Waals surface area contributed by atoms with Crippen molar-refractivity contribution in [3.05, 3.63) is 0 Å². The molecule has 2 fully saturated rings. The van der Waals surface area contributed by atoms with Crippen LogP contribution in [0.25, 0.3) is 0 Å². The van der Waals surface area contributed by atoms with Gasteiger partial charge >= 0.3 is 18.0 Å². The summed E-state index contributed by atoms with van der Waals surface area (Å²) in [4.78, 5) is 52.1. The van der Waals surface area contributed by atoms with Crippen LogP contribution in [0.4, 0.5) is 4.79 Å². The van der Waals surface area contributed by atoms with Gasteiger partial charge in [0.05, 0.1) is 0 Å². The van der Waals surface area contributed by atoms with E-state index < -0.39 is 47.0 Å². The summed E-state index contributed by atoms with van der Waals surface area (Å²) in [6, 6.07) is -0.241. The number of hydrogen-bond donors (Lipinski definition) is 0. The fourth-order valence-corrected chi connectivity index (χ4v) is 3.96. The van der Waals surface area contributed by atoms with Crippen molar-refractivity contribution in [2.75, 3.05) is 6.54 Å². The zero-order valence-corrected chi connectivity index (χ0v) is 19.4. The number of cyclic esters (lactones) is 2. The maximum atomic E-state index is 13.1. The van der Waals surface area contributed by atoms with E-state index in [2.05, 4.69) is 20.8 Å². The van der Waals surface area contributed by atoms with E-state index in [4.69, 9.17) is 14.2 Å². The molecule has 170 valence electrons. The normalized spacial score (nSPS) is 25.4. The third kappa shape index (κ3) is 6.19. The Kier molecular flexibility index (Phi) is 6.60. The molecule has 2 aliphatic rings. The average Bonchev–Trinajstić information content (AvgIpc) is 2.49. The van der Waals surface area contributed by atoms with Crippen LogP contribution in [0.1, 0.15) is 74.7 Å². The first-order valence-corrected chi connectivity index (χ1v) is 10.5. The van der Waals surface area contributed by atoms with E-state index in [0.717, 1.165) is 0 Å². The van der Waals surface area contributed by atoms with E-state index in [1.54, 1.807) is 4.90 Å². The third-order valence-corrected chi connectivity index (χ3v) is 5.04. The highest BCUT2D eigenvalue weighted by atomic mass is 16.7. The van der Waals surface area contributed by atoms with Gasteiger partial charge in [-0.05, 0) is 45.4 Å². The lowest BCUT2D eigenvalue weighted by molar-refractivity contribution is -0.238. The minimum Gasteiger partial charge on any atom is -0.444 e. The van der Waals surface area contributed by atoms with Crippen LogP contribution in [-0.4, -0.2) is 52.7 Å². The molecule has 0 bridgehead atoms. The van der Waals surface area contributed by atoms with Gasteiger partial charge in [-0.25, -0.2) is 4.79 Å². The van der Waals surface area contributed by atoms with E-state index in [0.29, 0.717) is 25.8 Å². The van der Waals surface area contributed by atoms with Crippen LogP contribution in [0.2, 0.25) is 0 Å². The maximum absolute atomic E-state index is 13.1. The molecule has 2 unspecified atom stereocenters. The lowest BCUT2D eigenvalue weighted by Crippen LogP contribution is -2.54. The highest BCUT2D eigenvalue weighted by Crippen LogP contribution is 2.35. The monoisotopic (exact) mass is 425 g/mol. The zero-order valence-electron chi connectivity index (χ0n) is 19.4. The summed E-state index contributed by atoms with van der Waals surface area (Å²) >= 11 is 0. The van der Waals surface area contributed by atoms with Crippen molar-refractivity contribution in [3.63, 3.8) is 0 Å². The molecule has 2 heterocycles.